The molecule has 1 aromatic rings. The molecule has 0 bridgehead atoms. The second-order valence-corrected chi connectivity index (χ2v) is 6.64. The third-order valence-corrected chi connectivity index (χ3v) is 4.14. The topological polar surface area (TPSA) is 52.0 Å². The molecule has 0 unspecified atom stereocenters. The molecule has 0 fully saturated rings. The average molecular weight is 202 g/mol. The number of hydrogen-bond acceptors (Lipinski definition) is 3. The van der Waals surface area contributed by atoms with Crippen molar-refractivity contribution in [1.82, 2.24) is 9.55 Å². The van der Waals surface area contributed by atoms with E-state index in [1.807, 2.05) is 0 Å². The molecule has 0 amide bonds. The van der Waals surface area contributed by atoms with E-state index in [4.69, 9.17) is 0 Å². The van der Waals surface area contributed by atoms with Crippen molar-refractivity contribution in [3.8, 4) is 0 Å². The molecule has 0 atom stereocenters. The number of aryl methyl sites for hydroxylation is 1. The number of imidazole rings is 1. The summed E-state index contributed by atoms with van der Waals surface area (Å²) in [6.45, 7) is 4.99. The second-order valence-electron chi connectivity index (χ2n) is 3.99. The van der Waals surface area contributed by atoms with Gasteiger partial charge in [0.25, 0.3) is 0 Å². The Bertz CT molecular complexity index is 398. The van der Waals surface area contributed by atoms with Crippen LogP contribution in [0.2, 0.25) is 0 Å². The standard InChI is InChI=1S/C8H14N2O2S/c1-8(2,3)13(11,12)7-5-10(4)6-9-7/h5-6H,1-4H3. The highest BCUT2D eigenvalue weighted by molar-refractivity contribution is 7.92. The number of aromatic nitrogens is 2. The van der Waals surface area contributed by atoms with E-state index in [1.165, 1.54) is 12.5 Å². The fourth-order valence-corrected chi connectivity index (χ4v) is 1.96. The molecule has 0 radical (unpaired) electrons. The SMILES string of the molecule is Cn1cnc(S(=O)(=O)C(C)(C)C)c1. The predicted octanol–water partition coefficient (Wildman–Crippen LogP) is 0.992. The summed E-state index contributed by atoms with van der Waals surface area (Å²) >= 11 is 0. The van der Waals surface area contributed by atoms with Gasteiger partial charge in [-0.05, 0) is 20.8 Å². The summed E-state index contributed by atoms with van der Waals surface area (Å²) < 4.78 is 24.4. The predicted molar refractivity (Wildman–Crippen MR) is 50.1 cm³/mol. The van der Waals surface area contributed by atoms with Crippen LogP contribution in [0.1, 0.15) is 20.8 Å². The van der Waals surface area contributed by atoms with E-state index in [2.05, 4.69) is 4.98 Å². The van der Waals surface area contributed by atoms with Crippen LogP contribution in [0.3, 0.4) is 0 Å². The molecule has 0 aliphatic rings. The number of nitrogens with zero attached hydrogens (tertiary/aromatic N) is 2. The van der Waals surface area contributed by atoms with Crippen LogP contribution in [0.4, 0.5) is 0 Å². The number of rotatable bonds is 1. The minimum absolute atomic E-state index is 0.141. The van der Waals surface area contributed by atoms with Crippen molar-refractivity contribution in [3.05, 3.63) is 12.5 Å². The largest absolute Gasteiger partial charge is 0.339 e. The quantitative estimate of drug-likeness (QED) is 0.682. The lowest BCUT2D eigenvalue weighted by Crippen LogP contribution is -2.28. The van der Waals surface area contributed by atoms with E-state index >= 15 is 0 Å². The van der Waals surface area contributed by atoms with Crippen molar-refractivity contribution in [2.45, 2.75) is 30.5 Å². The highest BCUT2D eigenvalue weighted by atomic mass is 32.2. The summed E-state index contributed by atoms with van der Waals surface area (Å²) in [5.74, 6) is 0. The maximum absolute atomic E-state index is 11.8. The lowest BCUT2D eigenvalue weighted by Gasteiger charge is -2.16. The van der Waals surface area contributed by atoms with Gasteiger partial charge in [0, 0.05) is 13.2 Å². The molecule has 0 spiro atoms. The molecule has 0 aromatic carbocycles. The summed E-state index contributed by atoms with van der Waals surface area (Å²) in [4.78, 5) is 3.83. The van der Waals surface area contributed by atoms with Gasteiger partial charge in [0.15, 0.2) is 5.03 Å². The van der Waals surface area contributed by atoms with Crippen LogP contribution < -0.4 is 0 Å². The smallest absolute Gasteiger partial charge is 0.202 e. The molecule has 1 rings (SSSR count). The van der Waals surface area contributed by atoms with E-state index in [0.717, 1.165) is 0 Å². The summed E-state index contributed by atoms with van der Waals surface area (Å²) in [6, 6.07) is 0. The van der Waals surface area contributed by atoms with Crippen molar-refractivity contribution in [2.24, 2.45) is 7.05 Å². The number of sulfone groups is 1. The van der Waals surface area contributed by atoms with Crippen LogP contribution in [-0.4, -0.2) is 22.7 Å². The van der Waals surface area contributed by atoms with Gasteiger partial charge in [-0.25, -0.2) is 13.4 Å². The molecule has 74 valence electrons. The highest BCUT2D eigenvalue weighted by Gasteiger charge is 2.32. The van der Waals surface area contributed by atoms with Crippen LogP contribution >= 0.6 is 0 Å². The van der Waals surface area contributed by atoms with E-state index < -0.39 is 14.6 Å². The van der Waals surface area contributed by atoms with Crippen molar-refractivity contribution in [2.75, 3.05) is 0 Å². The van der Waals surface area contributed by atoms with Gasteiger partial charge in [-0.3, -0.25) is 0 Å². The zero-order valence-corrected chi connectivity index (χ0v) is 9.09. The molecular weight excluding hydrogens is 188 g/mol. The molecule has 0 saturated heterocycles. The van der Waals surface area contributed by atoms with Crippen LogP contribution in [0.25, 0.3) is 0 Å². The maximum atomic E-state index is 11.8. The van der Waals surface area contributed by atoms with Crippen molar-refractivity contribution in [1.29, 1.82) is 0 Å². The van der Waals surface area contributed by atoms with Gasteiger partial charge in [-0.2, -0.15) is 0 Å². The minimum atomic E-state index is -3.29. The van der Waals surface area contributed by atoms with Gasteiger partial charge < -0.3 is 4.57 Å². The van der Waals surface area contributed by atoms with Crippen molar-refractivity contribution >= 4 is 9.84 Å². The molecule has 0 aliphatic heterocycles. The van der Waals surface area contributed by atoms with Gasteiger partial charge in [-0.15, -0.1) is 0 Å². The summed E-state index contributed by atoms with van der Waals surface area (Å²) in [7, 11) is -1.54. The van der Waals surface area contributed by atoms with E-state index in [-0.39, 0.29) is 5.03 Å². The lowest BCUT2D eigenvalue weighted by molar-refractivity contribution is 0.557. The van der Waals surface area contributed by atoms with Crippen molar-refractivity contribution < 1.29 is 8.42 Å². The van der Waals surface area contributed by atoms with E-state index in [9.17, 15) is 8.42 Å². The third kappa shape index (κ3) is 1.75. The first-order valence-corrected chi connectivity index (χ1v) is 5.46. The maximum Gasteiger partial charge on any atom is 0.202 e. The molecule has 1 aromatic heterocycles. The first-order chi connectivity index (χ1) is 5.75. The number of hydrogen-bond donors (Lipinski definition) is 0. The van der Waals surface area contributed by atoms with Gasteiger partial charge >= 0.3 is 0 Å². The monoisotopic (exact) mass is 202 g/mol. The lowest BCUT2D eigenvalue weighted by atomic mass is 10.3. The van der Waals surface area contributed by atoms with Crippen LogP contribution in [0.15, 0.2) is 17.6 Å². The first-order valence-electron chi connectivity index (χ1n) is 3.98. The van der Waals surface area contributed by atoms with Crippen LogP contribution in [0.5, 0.6) is 0 Å². The Labute approximate surface area is 78.5 Å². The Balaban J connectivity index is 3.24. The summed E-state index contributed by atoms with van der Waals surface area (Å²) in [5, 5.41) is 0.141. The van der Waals surface area contributed by atoms with Gasteiger partial charge in [0.1, 0.15) is 0 Å². The Morgan fingerprint density at radius 2 is 1.92 bits per heavy atom. The molecule has 0 saturated carbocycles. The third-order valence-electron chi connectivity index (χ3n) is 1.76. The Hall–Kier alpha value is -0.840. The normalized spacial score (nSPS) is 13.2. The van der Waals surface area contributed by atoms with Crippen molar-refractivity contribution in [3.63, 3.8) is 0 Å². The fourth-order valence-electron chi connectivity index (χ4n) is 0.841. The first kappa shape index (κ1) is 10.2. The average Bonchev–Trinajstić information content (AvgIpc) is 2.33. The van der Waals surface area contributed by atoms with Gasteiger partial charge in [0.2, 0.25) is 9.84 Å². The van der Waals surface area contributed by atoms with E-state index in [0.29, 0.717) is 0 Å². The minimum Gasteiger partial charge on any atom is -0.339 e. The highest BCUT2D eigenvalue weighted by Crippen LogP contribution is 2.22. The Morgan fingerprint density at radius 3 is 2.23 bits per heavy atom. The molecule has 0 N–H and O–H groups in total. The molecule has 0 aliphatic carbocycles. The summed E-state index contributed by atoms with van der Waals surface area (Å²) in [6.07, 6.45) is 3.00. The van der Waals surface area contributed by atoms with Crippen LogP contribution in [-0.2, 0) is 16.9 Å². The molecule has 13 heavy (non-hydrogen) atoms. The summed E-state index contributed by atoms with van der Waals surface area (Å²) in [5.41, 5.74) is 0. The fraction of sp³-hybridized carbons (Fsp3) is 0.625. The molecular formula is C8H14N2O2S. The molecule has 5 heteroatoms. The molecule has 1 heterocycles. The second kappa shape index (κ2) is 2.83. The Morgan fingerprint density at radius 1 is 1.38 bits per heavy atom. The van der Waals surface area contributed by atoms with Crippen LogP contribution in [0, 0.1) is 0 Å². The van der Waals surface area contributed by atoms with Gasteiger partial charge in [-0.1, -0.05) is 0 Å². The zero-order valence-electron chi connectivity index (χ0n) is 8.27. The van der Waals surface area contributed by atoms with Gasteiger partial charge in [0.05, 0.1) is 11.1 Å². The molecule has 4 nitrogen and oxygen atoms in total. The van der Waals surface area contributed by atoms with E-state index in [1.54, 1.807) is 32.4 Å². The zero-order chi connectivity index (χ0) is 10.3. The Kier molecular flexibility index (Phi) is 2.23.